The molecule has 90 valence electrons. The number of nitrogens with zero attached hydrogens (tertiary/aromatic N) is 4. The van der Waals surface area contributed by atoms with Gasteiger partial charge in [0.1, 0.15) is 17.5 Å². The van der Waals surface area contributed by atoms with Crippen molar-refractivity contribution in [3.8, 4) is 6.07 Å². The van der Waals surface area contributed by atoms with E-state index in [4.69, 9.17) is 5.26 Å². The first-order chi connectivity index (χ1) is 8.61. The molecule has 0 atom stereocenters. The van der Waals surface area contributed by atoms with Crippen LogP contribution in [0.1, 0.15) is 15.9 Å². The van der Waals surface area contributed by atoms with Crippen LogP contribution in [-0.4, -0.2) is 20.7 Å². The second-order valence-electron chi connectivity index (χ2n) is 3.46. The minimum Gasteiger partial charge on any atom is -0.306 e. The third kappa shape index (κ3) is 2.17. The Morgan fingerprint density at radius 1 is 1.61 bits per heavy atom. The van der Waals surface area contributed by atoms with Crippen LogP contribution in [0, 0.1) is 17.3 Å². The molecule has 0 aliphatic carbocycles. The standard InChI is InChI=1S/C11H8FN5O/c1-17-10(8(5-13)6-15-17)16-11(18)7-2-3-14-9(12)4-7/h2-4,6H,1H3,(H,16,18). The first-order valence-electron chi connectivity index (χ1n) is 4.97. The topological polar surface area (TPSA) is 83.6 Å². The summed E-state index contributed by atoms with van der Waals surface area (Å²) in [5.74, 6) is -1.01. The summed E-state index contributed by atoms with van der Waals surface area (Å²) in [5.41, 5.74) is 0.355. The van der Waals surface area contributed by atoms with Gasteiger partial charge in [0.15, 0.2) is 0 Å². The molecule has 0 aliphatic rings. The van der Waals surface area contributed by atoms with Crippen molar-refractivity contribution >= 4 is 11.7 Å². The highest BCUT2D eigenvalue weighted by Crippen LogP contribution is 2.14. The number of hydrogen-bond acceptors (Lipinski definition) is 4. The van der Waals surface area contributed by atoms with E-state index in [2.05, 4.69) is 15.4 Å². The van der Waals surface area contributed by atoms with Crippen LogP contribution in [0.4, 0.5) is 10.2 Å². The molecule has 2 rings (SSSR count). The zero-order valence-electron chi connectivity index (χ0n) is 9.38. The summed E-state index contributed by atoms with van der Waals surface area (Å²) in [6.07, 6.45) is 2.53. The van der Waals surface area contributed by atoms with Crippen LogP contribution >= 0.6 is 0 Å². The normalized spacial score (nSPS) is 9.83. The van der Waals surface area contributed by atoms with Crippen LogP contribution in [-0.2, 0) is 7.05 Å². The molecule has 0 aromatic carbocycles. The van der Waals surface area contributed by atoms with Crippen molar-refractivity contribution < 1.29 is 9.18 Å². The van der Waals surface area contributed by atoms with Gasteiger partial charge in [-0.3, -0.25) is 9.48 Å². The minimum atomic E-state index is -0.742. The number of carbonyl (C=O) groups excluding carboxylic acids is 1. The van der Waals surface area contributed by atoms with E-state index in [-0.39, 0.29) is 16.9 Å². The average molecular weight is 245 g/mol. The highest BCUT2D eigenvalue weighted by molar-refractivity contribution is 6.04. The maximum atomic E-state index is 12.9. The number of anilines is 1. The lowest BCUT2D eigenvalue weighted by Gasteiger charge is -2.05. The second-order valence-corrected chi connectivity index (χ2v) is 3.46. The molecule has 2 aromatic heterocycles. The Bertz CT molecular complexity index is 643. The quantitative estimate of drug-likeness (QED) is 0.802. The molecule has 0 unspecified atom stereocenters. The molecule has 1 N–H and O–H groups in total. The Balaban J connectivity index is 2.27. The predicted octanol–water partition coefficient (Wildman–Crippen LogP) is 1.08. The fourth-order valence-corrected chi connectivity index (χ4v) is 1.39. The van der Waals surface area contributed by atoms with E-state index in [1.807, 2.05) is 6.07 Å². The third-order valence-corrected chi connectivity index (χ3v) is 2.28. The van der Waals surface area contributed by atoms with Crippen LogP contribution in [0.3, 0.4) is 0 Å². The SMILES string of the molecule is Cn1ncc(C#N)c1NC(=O)c1ccnc(F)c1. The molecule has 0 spiro atoms. The smallest absolute Gasteiger partial charge is 0.257 e. The molecule has 0 aliphatic heterocycles. The van der Waals surface area contributed by atoms with E-state index in [1.54, 1.807) is 7.05 Å². The van der Waals surface area contributed by atoms with Crippen molar-refractivity contribution in [2.75, 3.05) is 5.32 Å². The molecule has 6 nitrogen and oxygen atoms in total. The van der Waals surface area contributed by atoms with Gasteiger partial charge in [-0.25, -0.2) is 4.98 Å². The molecule has 0 radical (unpaired) electrons. The fourth-order valence-electron chi connectivity index (χ4n) is 1.39. The summed E-state index contributed by atoms with van der Waals surface area (Å²) < 4.78 is 14.2. The monoisotopic (exact) mass is 245 g/mol. The molecule has 7 heteroatoms. The van der Waals surface area contributed by atoms with E-state index in [1.165, 1.54) is 23.1 Å². The number of halogens is 1. The van der Waals surface area contributed by atoms with Gasteiger partial charge in [0.25, 0.3) is 5.91 Å². The van der Waals surface area contributed by atoms with E-state index >= 15 is 0 Å². The van der Waals surface area contributed by atoms with Crippen molar-refractivity contribution in [1.29, 1.82) is 5.26 Å². The molecule has 18 heavy (non-hydrogen) atoms. The van der Waals surface area contributed by atoms with Gasteiger partial charge in [-0.15, -0.1) is 0 Å². The molecule has 0 saturated carbocycles. The van der Waals surface area contributed by atoms with Crippen LogP contribution in [0.15, 0.2) is 24.5 Å². The number of nitriles is 1. The highest BCUT2D eigenvalue weighted by Gasteiger charge is 2.13. The Labute approximate surface area is 102 Å². The number of rotatable bonds is 2. The van der Waals surface area contributed by atoms with Gasteiger partial charge in [-0.05, 0) is 6.07 Å². The number of aromatic nitrogens is 3. The fraction of sp³-hybridized carbons (Fsp3) is 0.0909. The summed E-state index contributed by atoms with van der Waals surface area (Å²) in [4.78, 5) is 15.2. The van der Waals surface area contributed by atoms with Crippen LogP contribution < -0.4 is 5.32 Å². The van der Waals surface area contributed by atoms with E-state index < -0.39 is 11.9 Å². The number of amides is 1. The lowest BCUT2D eigenvalue weighted by Crippen LogP contribution is -2.15. The van der Waals surface area contributed by atoms with E-state index in [0.29, 0.717) is 0 Å². The summed E-state index contributed by atoms with van der Waals surface area (Å²) in [7, 11) is 1.59. The van der Waals surface area contributed by atoms with Gasteiger partial charge in [-0.2, -0.15) is 14.8 Å². The van der Waals surface area contributed by atoms with Gasteiger partial charge < -0.3 is 5.32 Å². The molecular formula is C11H8FN5O. The summed E-state index contributed by atoms with van der Waals surface area (Å²) in [6.45, 7) is 0. The van der Waals surface area contributed by atoms with E-state index in [0.717, 1.165) is 6.07 Å². The van der Waals surface area contributed by atoms with Crippen molar-refractivity contribution in [3.63, 3.8) is 0 Å². The second kappa shape index (κ2) is 4.63. The summed E-state index contributed by atoms with van der Waals surface area (Å²) in [6, 6.07) is 4.29. The first kappa shape index (κ1) is 11.7. The largest absolute Gasteiger partial charge is 0.306 e. The minimum absolute atomic E-state index is 0.118. The Morgan fingerprint density at radius 3 is 3.06 bits per heavy atom. The van der Waals surface area contributed by atoms with Crippen LogP contribution in [0.5, 0.6) is 0 Å². The Kier molecular flexibility index (Phi) is 3.02. The summed E-state index contributed by atoms with van der Waals surface area (Å²) in [5, 5.41) is 15.2. The molecule has 0 saturated heterocycles. The number of aryl methyl sites for hydroxylation is 1. The molecular weight excluding hydrogens is 237 g/mol. The molecule has 2 heterocycles. The highest BCUT2D eigenvalue weighted by atomic mass is 19.1. The van der Waals surface area contributed by atoms with Gasteiger partial charge in [0.05, 0.1) is 6.20 Å². The van der Waals surface area contributed by atoms with Crippen LogP contribution in [0.2, 0.25) is 0 Å². The van der Waals surface area contributed by atoms with Gasteiger partial charge in [0.2, 0.25) is 5.95 Å². The molecule has 0 bridgehead atoms. The number of pyridine rings is 1. The Hall–Kier alpha value is -2.75. The molecule has 2 aromatic rings. The predicted molar refractivity (Wildman–Crippen MR) is 60.1 cm³/mol. The van der Waals surface area contributed by atoms with Gasteiger partial charge in [-0.1, -0.05) is 0 Å². The average Bonchev–Trinajstić information content (AvgIpc) is 2.70. The summed E-state index contributed by atoms with van der Waals surface area (Å²) >= 11 is 0. The molecule has 1 amide bonds. The van der Waals surface area contributed by atoms with Crippen LogP contribution in [0.25, 0.3) is 0 Å². The van der Waals surface area contributed by atoms with Gasteiger partial charge in [0, 0.05) is 24.9 Å². The lowest BCUT2D eigenvalue weighted by molar-refractivity contribution is 0.102. The van der Waals surface area contributed by atoms with Crippen molar-refractivity contribution in [2.45, 2.75) is 0 Å². The number of nitrogens with one attached hydrogen (secondary N) is 1. The van der Waals surface area contributed by atoms with E-state index in [9.17, 15) is 9.18 Å². The number of hydrogen-bond donors (Lipinski definition) is 1. The van der Waals surface area contributed by atoms with Crippen molar-refractivity contribution in [2.24, 2.45) is 7.05 Å². The first-order valence-corrected chi connectivity index (χ1v) is 4.97. The maximum absolute atomic E-state index is 12.9. The Morgan fingerprint density at radius 2 is 2.39 bits per heavy atom. The number of carbonyl (C=O) groups is 1. The van der Waals surface area contributed by atoms with Gasteiger partial charge >= 0.3 is 0 Å². The molecule has 0 fully saturated rings. The zero-order valence-corrected chi connectivity index (χ0v) is 9.38. The van der Waals surface area contributed by atoms with Crippen molar-refractivity contribution in [1.82, 2.24) is 14.8 Å². The lowest BCUT2D eigenvalue weighted by atomic mass is 10.2. The van der Waals surface area contributed by atoms with Crippen molar-refractivity contribution in [3.05, 3.63) is 41.6 Å². The maximum Gasteiger partial charge on any atom is 0.257 e. The zero-order chi connectivity index (χ0) is 13.1. The third-order valence-electron chi connectivity index (χ3n) is 2.28.